The van der Waals surface area contributed by atoms with Crippen LogP contribution < -0.4 is 9.46 Å². The lowest BCUT2D eigenvalue weighted by Gasteiger charge is -2.17. The summed E-state index contributed by atoms with van der Waals surface area (Å²) in [6.45, 7) is -0.0247. The first-order chi connectivity index (χ1) is 13.5. The van der Waals surface area contributed by atoms with E-state index in [-0.39, 0.29) is 22.8 Å². The molecule has 1 atom stereocenters. The van der Waals surface area contributed by atoms with Crippen molar-refractivity contribution in [3.8, 4) is 5.75 Å². The third-order valence-corrected chi connectivity index (χ3v) is 5.50. The zero-order valence-corrected chi connectivity index (χ0v) is 16.0. The molecule has 148 valence electrons. The van der Waals surface area contributed by atoms with E-state index in [1.165, 1.54) is 38.7 Å². The Kier molecular flexibility index (Phi) is 5.81. The van der Waals surface area contributed by atoms with E-state index in [0.717, 1.165) is 0 Å². The predicted molar refractivity (Wildman–Crippen MR) is 98.6 cm³/mol. The highest BCUT2D eigenvalue weighted by atomic mass is 32.2. The van der Waals surface area contributed by atoms with E-state index < -0.39 is 22.0 Å². The lowest BCUT2D eigenvalue weighted by Crippen LogP contribution is -2.32. The Balaban J connectivity index is 1.90. The van der Waals surface area contributed by atoms with Crippen molar-refractivity contribution in [2.75, 3.05) is 20.8 Å². The minimum atomic E-state index is -4.01. The molecule has 28 heavy (non-hydrogen) atoms. The number of esters is 1. The van der Waals surface area contributed by atoms with Gasteiger partial charge >= 0.3 is 5.97 Å². The summed E-state index contributed by atoms with van der Waals surface area (Å²) in [6.07, 6.45) is 4.80. The number of nitrogens with zero attached hydrogens (tertiary/aromatic N) is 2. The molecule has 0 aliphatic carbocycles. The Morgan fingerprint density at radius 3 is 2.71 bits per heavy atom. The molecule has 0 fully saturated rings. The van der Waals surface area contributed by atoms with Crippen LogP contribution in [0.25, 0.3) is 0 Å². The number of nitrogens with one attached hydrogen (secondary N) is 1. The number of ether oxygens (including phenoxy) is 2. The van der Waals surface area contributed by atoms with Gasteiger partial charge in [0, 0.05) is 18.9 Å². The quantitative estimate of drug-likeness (QED) is 0.569. The van der Waals surface area contributed by atoms with E-state index in [0.29, 0.717) is 5.76 Å². The Morgan fingerprint density at radius 1 is 1.29 bits per heavy atom. The van der Waals surface area contributed by atoms with Crippen molar-refractivity contribution in [3.63, 3.8) is 0 Å². The maximum Gasteiger partial charge on any atom is 0.337 e. The zero-order valence-electron chi connectivity index (χ0n) is 15.2. The molecule has 0 aliphatic heterocycles. The lowest BCUT2D eigenvalue weighted by atomic mass is 10.2. The van der Waals surface area contributed by atoms with Crippen LogP contribution in [0, 0.1) is 0 Å². The molecule has 0 amide bonds. The molecule has 10 heteroatoms. The van der Waals surface area contributed by atoms with Gasteiger partial charge in [-0.15, -0.1) is 0 Å². The number of rotatable bonds is 8. The largest absolute Gasteiger partial charge is 0.495 e. The monoisotopic (exact) mass is 405 g/mol. The minimum absolute atomic E-state index is 0.0247. The van der Waals surface area contributed by atoms with Crippen molar-refractivity contribution in [2.45, 2.75) is 10.9 Å². The average molecular weight is 405 g/mol. The van der Waals surface area contributed by atoms with Gasteiger partial charge in [0.1, 0.15) is 22.4 Å². The van der Waals surface area contributed by atoms with E-state index in [2.05, 4.69) is 14.6 Å². The van der Waals surface area contributed by atoms with Gasteiger partial charge < -0.3 is 13.9 Å². The second-order valence-corrected chi connectivity index (χ2v) is 7.46. The van der Waals surface area contributed by atoms with E-state index in [4.69, 9.17) is 9.15 Å². The summed E-state index contributed by atoms with van der Waals surface area (Å²) in [5.74, 6) is -0.000395. The second kappa shape index (κ2) is 8.28. The number of methoxy groups -OCH3 is 2. The van der Waals surface area contributed by atoms with Crippen LogP contribution in [0.3, 0.4) is 0 Å². The van der Waals surface area contributed by atoms with Crippen LogP contribution in [0.2, 0.25) is 0 Å². The fourth-order valence-corrected chi connectivity index (χ4v) is 3.90. The van der Waals surface area contributed by atoms with Gasteiger partial charge in [-0.3, -0.25) is 4.68 Å². The van der Waals surface area contributed by atoms with E-state index in [1.807, 2.05) is 0 Å². The highest BCUT2D eigenvalue weighted by molar-refractivity contribution is 7.89. The first-order valence-corrected chi connectivity index (χ1v) is 9.73. The number of furan rings is 1. The molecule has 0 radical (unpaired) electrons. The molecule has 2 aromatic heterocycles. The Labute approximate surface area is 161 Å². The van der Waals surface area contributed by atoms with Crippen LogP contribution in [0.4, 0.5) is 0 Å². The molecule has 2 heterocycles. The third kappa shape index (κ3) is 4.07. The standard InChI is InChI=1S/C18H19N3O6S/c1-25-16-7-6-13(18(22)26-2)11-17(16)28(23,24)20-12-14(15-5-3-10-27-15)21-9-4-8-19-21/h3-11,14,20H,12H2,1-2H3. The number of sulfonamides is 1. The van der Waals surface area contributed by atoms with Gasteiger partial charge in [0.05, 0.1) is 26.0 Å². The van der Waals surface area contributed by atoms with Gasteiger partial charge in [-0.2, -0.15) is 5.10 Å². The van der Waals surface area contributed by atoms with Crippen LogP contribution >= 0.6 is 0 Å². The molecule has 1 N–H and O–H groups in total. The highest BCUT2D eigenvalue weighted by Crippen LogP contribution is 2.26. The molecule has 0 aliphatic rings. The first kappa shape index (κ1) is 19.6. The number of aromatic nitrogens is 2. The first-order valence-electron chi connectivity index (χ1n) is 8.25. The molecule has 1 unspecified atom stereocenters. The van der Waals surface area contributed by atoms with E-state index in [1.54, 1.807) is 35.3 Å². The maximum absolute atomic E-state index is 12.9. The van der Waals surface area contributed by atoms with Crippen molar-refractivity contribution < 1.29 is 27.1 Å². The van der Waals surface area contributed by atoms with Gasteiger partial charge in [-0.1, -0.05) is 0 Å². The molecule has 9 nitrogen and oxygen atoms in total. The van der Waals surface area contributed by atoms with Gasteiger partial charge in [0.25, 0.3) is 0 Å². The number of hydrogen-bond acceptors (Lipinski definition) is 7. The van der Waals surface area contributed by atoms with Crippen LogP contribution in [0.5, 0.6) is 5.75 Å². The van der Waals surface area contributed by atoms with Gasteiger partial charge in [-0.25, -0.2) is 17.9 Å². The van der Waals surface area contributed by atoms with Crippen LogP contribution in [0.1, 0.15) is 22.2 Å². The van der Waals surface area contributed by atoms with Crippen molar-refractivity contribution in [3.05, 3.63) is 66.4 Å². The fraction of sp³-hybridized carbons (Fsp3) is 0.222. The third-order valence-electron chi connectivity index (χ3n) is 4.06. The number of hydrogen-bond donors (Lipinski definition) is 1. The van der Waals surface area contributed by atoms with Crippen LogP contribution in [-0.2, 0) is 14.8 Å². The van der Waals surface area contributed by atoms with Gasteiger partial charge in [0.2, 0.25) is 10.0 Å². The van der Waals surface area contributed by atoms with E-state index >= 15 is 0 Å². The average Bonchev–Trinajstić information content (AvgIpc) is 3.41. The summed E-state index contributed by atoms with van der Waals surface area (Å²) < 4.78 is 45.2. The van der Waals surface area contributed by atoms with Crippen molar-refractivity contribution in [1.82, 2.24) is 14.5 Å². The van der Waals surface area contributed by atoms with Crippen molar-refractivity contribution in [2.24, 2.45) is 0 Å². The van der Waals surface area contributed by atoms with Crippen LogP contribution in [0.15, 0.2) is 64.4 Å². The molecule has 3 rings (SSSR count). The summed E-state index contributed by atoms with van der Waals surface area (Å²) in [5, 5.41) is 4.16. The predicted octanol–water partition coefficient (Wildman–Crippen LogP) is 1.84. The SMILES string of the molecule is COC(=O)c1ccc(OC)c(S(=O)(=O)NCC(c2ccco2)n2cccn2)c1. The lowest BCUT2D eigenvalue weighted by molar-refractivity contribution is 0.0600. The fourth-order valence-electron chi connectivity index (χ4n) is 2.67. The number of carbonyl (C=O) groups excluding carboxylic acids is 1. The summed E-state index contributed by atoms with van der Waals surface area (Å²) in [6, 6.07) is 8.73. The molecule has 3 aromatic rings. The summed E-state index contributed by atoms with van der Waals surface area (Å²) in [5.41, 5.74) is 0.0957. The summed E-state index contributed by atoms with van der Waals surface area (Å²) in [4.78, 5) is 11.6. The molecular weight excluding hydrogens is 386 g/mol. The Bertz CT molecular complexity index is 995. The molecule has 0 bridgehead atoms. The zero-order chi connectivity index (χ0) is 20.1. The van der Waals surface area contributed by atoms with Gasteiger partial charge in [0.15, 0.2) is 0 Å². The Morgan fingerprint density at radius 2 is 2.11 bits per heavy atom. The molecular formula is C18H19N3O6S. The summed E-state index contributed by atoms with van der Waals surface area (Å²) >= 11 is 0. The van der Waals surface area contributed by atoms with E-state index in [9.17, 15) is 13.2 Å². The molecule has 0 saturated carbocycles. The molecule has 1 aromatic carbocycles. The molecule has 0 spiro atoms. The van der Waals surface area contributed by atoms with Crippen molar-refractivity contribution in [1.29, 1.82) is 0 Å². The maximum atomic E-state index is 12.9. The van der Waals surface area contributed by atoms with Crippen molar-refractivity contribution >= 4 is 16.0 Å². The Hall–Kier alpha value is -3.11. The van der Waals surface area contributed by atoms with Crippen LogP contribution in [-0.4, -0.2) is 44.9 Å². The smallest absolute Gasteiger partial charge is 0.337 e. The highest BCUT2D eigenvalue weighted by Gasteiger charge is 2.25. The number of benzene rings is 1. The summed E-state index contributed by atoms with van der Waals surface area (Å²) in [7, 11) is -1.44. The normalized spacial score (nSPS) is 12.5. The topological polar surface area (TPSA) is 113 Å². The number of carbonyl (C=O) groups is 1. The second-order valence-electron chi connectivity index (χ2n) is 5.73. The minimum Gasteiger partial charge on any atom is -0.495 e. The molecule has 0 saturated heterocycles. The van der Waals surface area contributed by atoms with Gasteiger partial charge in [-0.05, 0) is 36.4 Å².